The average molecular weight is 365 g/mol. The molecule has 0 bridgehead atoms. The van der Waals surface area contributed by atoms with Gasteiger partial charge in [0.05, 0.1) is 16.6 Å². The second kappa shape index (κ2) is 7.77. The van der Waals surface area contributed by atoms with Crippen LogP contribution >= 0.6 is 23.2 Å². The van der Waals surface area contributed by atoms with Crippen LogP contribution < -0.4 is 15.4 Å². The number of halogens is 2. The zero-order valence-electron chi connectivity index (χ0n) is 13.1. The Morgan fingerprint density at radius 1 is 1.04 bits per heavy atom. The van der Waals surface area contributed by atoms with Crippen LogP contribution in [0.25, 0.3) is 0 Å². The van der Waals surface area contributed by atoms with Gasteiger partial charge in [-0.25, -0.2) is 4.79 Å². The molecule has 2 aromatic rings. The molecule has 0 saturated heterocycles. The van der Waals surface area contributed by atoms with E-state index in [1.807, 2.05) is 6.07 Å². The van der Waals surface area contributed by atoms with Crippen LogP contribution in [0.15, 0.2) is 36.4 Å². The monoisotopic (exact) mass is 364 g/mol. The van der Waals surface area contributed by atoms with E-state index in [9.17, 15) is 4.79 Å². The van der Waals surface area contributed by atoms with Gasteiger partial charge in [-0.1, -0.05) is 29.3 Å². The number of urea groups is 1. The summed E-state index contributed by atoms with van der Waals surface area (Å²) in [5.41, 5.74) is 3.38. The van der Waals surface area contributed by atoms with Crippen LogP contribution in [-0.4, -0.2) is 19.2 Å². The van der Waals surface area contributed by atoms with E-state index in [1.165, 1.54) is 17.5 Å². The summed E-state index contributed by atoms with van der Waals surface area (Å²) in [5.74, 6) is 0.849. The van der Waals surface area contributed by atoms with E-state index >= 15 is 0 Å². The summed E-state index contributed by atoms with van der Waals surface area (Å²) >= 11 is 11.7. The fourth-order valence-corrected chi connectivity index (χ4v) is 3.02. The number of aryl methyl sites for hydroxylation is 2. The quantitative estimate of drug-likeness (QED) is 0.756. The number of rotatable bonds is 5. The molecule has 4 nitrogen and oxygen atoms in total. The second-order valence-electron chi connectivity index (χ2n) is 5.64. The molecule has 0 fully saturated rings. The molecule has 2 amide bonds. The van der Waals surface area contributed by atoms with Crippen molar-refractivity contribution in [1.29, 1.82) is 0 Å². The standard InChI is InChI=1S/C18H18Cl2N2O2/c19-16-7-5-14(11-17(16)20)22-18(23)21-8-9-24-15-6-4-12-2-1-3-13(12)10-15/h4-7,10-11H,1-3,8-9H2,(H2,21,22,23). The van der Waals surface area contributed by atoms with Crippen molar-refractivity contribution in [2.75, 3.05) is 18.5 Å². The second-order valence-corrected chi connectivity index (χ2v) is 6.46. The number of fused-ring (bicyclic) bond motifs is 1. The van der Waals surface area contributed by atoms with Gasteiger partial charge in [-0.2, -0.15) is 0 Å². The largest absolute Gasteiger partial charge is 0.492 e. The van der Waals surface area contributed by atoms with Gasteiger partial charge >= 0.3 is 6.03 Å². The molecule has 0 radical (unpaired) electrons. The third-order valence-corrected chi connectivity index (χ3v) is 4.64. The number of benzene rings is 2. The molecule has 1 aliphatic carbocycles. The Bertz CT molecular complexity index is 750. The van der Waals surface area contributed by atoms with E-state index in [0.29, 0.717) is 28.9 Å². The third kappa shape index (κ3) is 4.34. The van der Waals surface area contributed by atoms with Crippen molar-refractivity contribution in [2.45, 2.75) is 19.3 Å². The fourth-order valence-electron chi connectivity index (χ4n) is 2.72. The summed E-state index contributed by atoms with van der Waals surface area (Å²) in [6, 6.07) is 10.8. The van der Waals surface area contributed by atoms with Crippen molar-refractivity contribution >= 4 is 34.9 Å². The number of hydrogen-bond donors (Lipinski definition) is 2. The Kier molecular flexibility index (Phi) is 5.48. The van der Waals surface area contributed by atoms with E-state index in [4.69, 9.17) is 27.9 Å². The molecule has 3 rings (SSSR count). The molecule has 0 heterocycles. The first-order valence-corrected chi connectivity index (χ1v) is 8.62. The highest BCUT2D eigenvalue weighted by Crippen LogP contribution is 2.26. The molecule has 0 saturated carbocycles. The number of ether oxygens (including phenoxy) is 1. The molecule has 2 aromatic carbocycles. The molecule has 0 aromatic heterocycles. The maximum absolute atomic E-state index is 11.8. The molecule has 2 N–H and O–H groups in total. The smallest absolute Gasteiger partial charge is 0.319 e. The van der Waals surface area contributed by atoms with Gasteiger partial charge in [-0.05, 0) is 60.7 Å². The fraction of sp³-hybridized carbons (Fsp3) is 0.278. The van der Waals surface area contributed by atoms with Crippen LogP contribution in [0.4, 0.5) is 10.5 Å². The lowest BCUT2D eigenvalue weighted by Crippen LogP contribution is -2.32. The number of anilines is 1. The predicted octanol–water partition coefficient (Wildman–Crippen LogP) is 4.68. The van der Waals surface area contributed by atoms with Gasteiger partial charge < -0.3 is 15.4 Å². The van der Waals surface area contributed by atoms with Crippen LogP contribution in [0.2, 0.25) is 10.0 Å². The summed E-state index contributed by atoms with van der Waals surface area (Å²) in [6.07, 6.45) is 3.50. The highest BCUT2D eigenvalue weighted by Gasteiger charge is 2.11. The molecule has 6 heteroatoms. The Labute approximate surface area is 151 Å². The molecule has 0 unspecified atom stereocenters. The number of carbonyl (C=O) groups is 1. The molecular formula is C18H18Cl2N2O2. The molecule has 0 aliphatic heterocycles. The van der Waals surface area contributed by atoms with Crippen molar-refractivity contribution < 1.29 is 9.53 Å². The number of carbonyl (C=O) groups excluding carboxylic acids is 1. The SMILES string of the molecule is O=C(NCCOc1ccc2c(c1)CCC2)Nc1ccc(Cl)c(Cl)c1. The van der Waals surface area contributed by atoms with Crippen LogP contribution in [0.3, 0.4) is 0 Å². The Balaban J connectivity index is 1.41. The zero-order valence-corrected chi connectivity index (χ0v) is 14.6. The highest BCUT2D eigenvalue weighted by molar-refractivity contribution is 6.42. The van der Waals surface area contributed by atoms with Gasteiger partial charge in [0.15, 0.2) is 0 Å². The minimum atomic E-state index is -0.314. The number of nitrogens with one attached hydrogen (secondary N) is 2. The van der Waals surface area contributed by atoms with E-state index in [2.05, 4.69) is 22.8 Å². The van der Waals surface area contributed by atoms with E-state index in [-0.39, 0.29) is 6.03 Å². The molecule has 0 atom stereocenters. The van der Waals surface area contributed by atoms with Crippen molar-refractivity contribution in [3.8, 4) is 5.75 Å². The minimum Gasteiger partial charge on any atom is -0.492 e. The summed E-state index contributed by atoms with van der Waals surface area (Å²) in [7, 11) is 0. The predicted molar refractivity (Wildman–Crippen MR) is 97.4 cm³/mol. The van der Waals surface area contributed by atoms with Crippen molar-refractivity contribution in [3.63, 3.8) is 0 Å². The lowest BCUT2D eigenvalue weighted by Gasteiger charge is -2.10. The molecular weight excluding hydrogens is 347 g/mol. The van der Waals surface area contributed by atoms with Gasteiger partial charge in [0.2, 0.25) is 0 Å². The van der Waals surface area contributed by atoms with Crippen LogP contribution in [0.5, 0.6) is 5.75 Å². The Morgan fingerprint density at radius 2 is 1.88 bits per heavy atom. The lowest BCUT2D eigenvalue weighted by atomic mass is 10.1. The third-order valence-electron chi connectivity index (χ3n) is 3.90. The normalized spacial score (nSPS) is 12.6. The van der Waals surface area contributed by atoms with Gasteiger partial charge in [0.1, 0.15) is 12.4 Å². The minimum absolute atomic E-state index is 0.314. The van der Waals surface area contributed by atoms with Crippen LogP contribution in [0.1, 0.15) is 17.5 Å². The van der Waals surface area contributed by atoms with E-state index in [0.717, 1.165) is 18.6 Å². The average Bonchev–Trinajstić information content (AvgIpc) is 3.03. The Morgan fingerprint density at radius 3 is 2.71 bits per heavy atom. The highest BCUT2D eigenvalue weighted by atomic mass is 35.5. The van der Waals surface area contributed by atoms with Gasteiger partial charge in [-0.15, -0.1) is 0 Å². The first kappa shape index (κ1) is 16.9. The molecule has 24 heavy (non-hydrogen) atoms. The summed E-state index contributed by atoms with van der Waals surface area (Å²) in [4.78, 5) is 11.8. The van der Waals surface area contributed by atoms with Gasteiger partial charge in [-0.3, -0.25) is 0 Å². The lowest BCUT2D eigenvalue weighted by molar-refractivity contribution is 0.247. The topological polar surface area (TPSA) is 50.4 Å². The van der Waals surface area contributed by atoms with Crippen molar-refractivity contribution in [2.24, 2.45) is 0 Å². The van der Waals surface area contributed by atoms with Crippen molar-refractivity contribution in [3.05, 3.63) is 57.6 Å². The maximum atomic E-state index is 11.8. The molecule has 1 aliphatic rings. The summed E-state index contributed by atoms with van der Waals surface area (Å²) in [5, 5.41) is 6.28. The molecule has 0 spiro atoms. The zero-order chi connectivity index (χ0) is 16.9. The maximum Gasteiger partial charge on any atom is 0.319 e. The Hall–Kier alpha value is -1.91. The van der Waals surface area contributed by atoms with E-state index in [1.54, 1.807) is 18.2 Å². The van der Waals surface area contributed by atoms with E-state index < -0.39 is 0 Å². The van der Waals surface area contributed by atoms with Crippen LogP contribution in [0, 0.1) is 0 Å². The summed E-state index contributed by atoms with van der Waals surface area (Å²) < 4.78 is 5.69. The first-order valence-electron chi connectivity index (χ1n) is 7.86. The van der Waals surface area contributed by atoms with Crippen LogP contribution in [-0.2, 0) is 12.8 Å². The first-order chi connectivity index (χ1) is 11.6. The van der Waals surface area contributed by atoms with Gasteiger partial charge in [0, 0.05) is 5.69 Å². The van der Waals surface area contributed by atoms with Crippen molar-refractivity contribution in [1.82, 2.24) is 5.32 Å². The molecule has 126 valence electrons. The number of hydrogen-bond acceptors (Lipinski definition) is 2. The van der Waals surface area contributed by atoms with Gasteiger partial charge in [0.25, 0.3) is 0 Å². The number of amides is 2. The summed E-state index contributed by atoms with van der Waals surface area (Å²) in [6.45, 7) is 0.817.